The number of carbonyl (C=O) groups excluding carboxylic acids is 1. The summed E-state index contributed by atoms with van der Waals surface area (Å²) in [5.41, 5.74) is 2.97. The van der Waals surface area contributed by atoms with E-state index in [4.69, 9.17) is 0 Å². The SMILES string of the molecule is O=C1NC(/C=C/c2ccccc2)=CC(c2ccccc2)N1. The second-order valence-corrected chi connectivity index (χ2v) is 4.85. The molecule has 3 nitrogen and oxygen atoms in total. The first kappa shape index (κ1) is 13.2. The largest absolute Gasteiger partial charge is 0.327 e. The maximum atomic E-state index is 11.8. The zero-order valence-electron chi connectivity index (χ0n) is 11.5. The predicted molar refractivity (Wildman–Crippen MR) is 84.4 cm³/mol. The minimum atomic E-state index is -0.181. The Balaban J connectivity index is 1.82. The molecule has 0 aromatic heterocycles. The van der Waals surface area contributed by atoms with Gasteiger partial charge in [-0.25, -0.2) is 4.79 Å². The molecule has 2 aromatic rings. The summed E-state index contributed by atoms with van der Waals surface area (Å²) in [7, 11) is 0. The van der Waals surface area contributed by atoms with Crippen molar-refractivity contribution in [2.24, 2.45) is 0 Å². The first-order valence-electron chi connectivity index (χ1n) is 6.89. The topological polar surface area (TPSA) is 41.1 Å². The van der Waals surface area contributed by atoms with Crippen molar-refractivity contribution in [1.29, 1.82) is 0 Å². The molecule has 0 spiro atoms. The van der Waals surface area contributed by atoms with Gasteiger partial charge in [-0.2, -0.15) is 0 Å². The Kier molecular flexibility index (Phi) is 3.83. The molecule has 3 rings (SSSR count). The van der Waals surface area contributed by atoms with E-state index in [1.54, 1.807) is 0 Å². The van der Waals surface area contributed by atoms with Gasteiger partial charge in [0.1, 0.15) is 0 Å². The minimum absolute atomic E-state index is 0.102. The third-order valence-corrected chi connectivity index (χ3v) is 3.30. The van der Waals surface area contributed by atoms with Crippen LogP contribution in [0.2, 0.25) is 0 Å². The molecular weight excluding hydrogens is 260 g/mol. The van der Waals surface area contributed by atoms with E-state index in [2.05, 4.69) is 10.6 Å². The highest BCUT2D eigenvalue weighted by molar-refractivity contribution is 5.79. The maximum absolute atomic E-state index is 11.8. The molecule has 0 aliphatic carbocycles. The lowest BCUT2D eigenvalue weighted by Crippen LogP contribution is -2.40. The Morgan fingerprint density at radius 1 is 0.857 bits per heavy atom. The van der Waals surface area contributed by atoms with E-state index in [1.165, 1.54) is 0 Å². The molecule has 2 N–H and O–H groups in total. The normalized spacial score (nSPS) is 18.0. The molecule has 0 saturated heterocycles. The highest BCUT2D eigenvalue weighted by Crippen LogP contribution is 2.18. The van der Waals surface area contributed by atoms with Crippen LogP contribution in [0.25, 0.3) is 6.08 Å². The third kappa shape index (κ3) is 3.39. The van der Waals surface area contributed by atoms with Crippen LogP contribution in [0.3, 0.4) is 0 Å². The van der Waals surface area contributed by atoms with E-state index in [-0.39, 0.29) is 12.1 Å². The van der Waals surface area contributed by atoms with E-state index in [9.17, 15) is 4.79 Å². The summed E-state index contributed by atoms with van der Waals surface area (Å²) in [6.07, 6.45) is 5.92. The van der Waals surface area contributed by atoms with Crippen LogP contribution in [0.1, 0.15) is 17.2 Å². The van der Waals surface area contributed by atoms with Gasteiger partial charge in [-0.1, -0.05) is 66.7 Å². The van der Waals surface area contributed by atoms with Crippen LogP contribution >= 0.6 is 0 Å². The predicted octanol–water partition coefficient (Wildman–Crippen LogP) is 3.64. The number of carbonyl (C=O) groups is 1. The molecule has 104 valence electrons. The summed E-state index contributed by atoms with van der Waals surface area (Å²) >= 11 is 0. The number of amides is 2. The van der Waals surface area contributed by atoms with Crippen molar-refractivity contribution in [3.05, 3.63) is 89.6 Å². The Morgan fingerprint density at radius 3 is 2.24 bits per heavy atom. The van der Waals surface area contributed by atoms with Crippen LogP contribution in [0.4, 0.5) is 4.79 Å². The fourth-order valence-corrected chi connectivity index (χ4v) is 2.26. The Morgan fingerprint density at radius 2 is 1.52 bits per heavy atom. The van der Waals surface area contributed by atoms with Crippen LogP contribution in [0.5, 0.6) is 0 Å². The first-order chi connectivity index (χ1) is 10.3. The molecule has 0 radical (unpaired) electrons. The van der Waals surface area contributed by atoms with Gasteiger partial charge in [0.25, 0.3) is 0 Å². The zero-order valence-corrected chi connectivity index (χ0v) is 11.5. The summed E-state index contributed by atoms with van der Waals surface area (Å²) < 4.78 is 0. The highest BCUT2D eigenvalue weighted by atomic mass is 16.2. The molecule has 3 heteroatoms. The summed E-state index contributed by atoms with van der Waals surface area (Å²) in [6.45, 7) is 0. The molecule has 1 heterocycles. The first-order valence-corrected chi connectivity index (χ1v) is 6.89. The van der Waals surface area contributed by atoms with Crippen molar-refractivity contribution in [3.8, 4) is 0 Å². The lowest BCUT2D eigenvalue weighted by molar-refractivity contribution is 0.240. The van der Waals surface area contributed by atoms with Gasteiger partial charge in [0.2, 0.25) is 0 Å². The molecule has 1 unspecified atom stereocenters. The average Bonchev–Trinajstić information content (AvgIpc) is 2.54. The van der Waals surface area contributed by atoms with Gasteiger partial charge >= 0.3 is 6.03 Å². The molecule has 0 bridgehead atoms. The molecule has 2 amide bonds. The number of allylic oxidation sites excluding steroid dienone is 1. The highest BCUT2D eigenvalue weighted by Gasteiger charge is 2.17. The van der Waals surface area contributed by atoms with E-state index >= 15 is 0 Å². The van der Waals surface area contributed by atoms with Crippen LogP contribution < -0.4 is 10.6 Å². The lowest BCUT2D eigenvalue weighted by atomic mass is 10.0. The summed E-state index contributed by atoms with van der Waals surface area (Å²) in [6, 6.07) is 19.6. The van der Waals surface area contributed by atoms with Crippen LogP contribution in [-0.2, 0) is 0 Å². The average molecular weight is 276 g/mol. The molecule has 0 saturated carbocycles. The molecule has 1 aliphatic heterocycles. The number of benzene rings is 2. The number of hydrogen-bond donors (Lipinski definition) is 2. The zero-order chi connectivity index (χ0) is 14.5. The number of nitrogens with one attached hydrogen (secondary N) is 2. The van der Waals surface area contributed by atoms with E-state index < -0.39 is 0 Å². The number of hydrogen-bond acceptors (Lipinski definition) is 1. The van der Waals surface area contributed by atoms with Crippen LogP contribution in [0.15, 0.2) is 78.5 Å². The molecule has 1 aliphatic rings. The lowest BCUT2D eigenvalue weighted by Gasteiger charge is -2.22. The van der Waals surface area contributed by atoms with Crippen molar-refractivity contribution in [1.82, 2.24) is 10.6 Å². The molecular formula is C18H16N2O. The van der Waals surface area contributed by atoms with Gasteiger partial charge in [-0.15, -0.1) is 0 Å². The fraction of sp³-hybridized carbons (Fsp3) is 0.0556. The standard InChI is InChI=1S/C18H16N2O/c21-18-19-16(12-11-14-7-3-1-4-8-14)13-17(20-18)15-9-5-2-6-10-15/h1-13,17H,(H2,19,20,21)/b12-11+. The Labute approximate surface area is 124 Å². The molecule has 1 atom stereocenters. The number of rotatable bonds is 3. The number of urea groups is 1. The maximum Gasteiger partial charge on any atom is 0.319 e. The van der Waals surface area contributed by atoms with Gasteiger partial charge in [0, 0.05) is 5.70 Å². The summed E-state index contributed by atoms with van der Waals surface area (Å²) in [4.78, 5) is 11.8. The summed E-state index contributed by atoms with van der Waals surface area (Å²) in [5.74, 6) is 0. The minimum Gasteiger partial charge on any atom is -0.327 e. The van der Waals surface area contributed by atoms with Gasteiger partial charge < -0.3 is 10.6 Å². The fourth-order valence-electron chi connectivity index (χ4n) is 2.26. The van der Waals surface area contributed by atoms with Gasteiger partial charge in [0.15, 0.2) is 0 Å². The van der Waals surface area contributed by atoms with Crippen molar-refractivity contribution in [2.75, 3.05) is 0 Å². The Bertz CT molecular complexity index is 675. The van der Waals surface area contributed by atoms with E-state index in [0.717, 1.165) is 16.8 Å². The molecule has 2 aromatic carbocycles. The van der Waals surface area contributed by atoms with E-state index in [1.807, 2.05) is 78.9 Å². The molecule has 21 heavy (non-hydrogen) atoms. The smallest absolute Gasteiger partial charge is 0.319 e. The Hall–Kier alpha value is -2.81. The van der Waals surface area contributed by atoms with Crippen molar-refractivity contribution < 1.29 is 4.79 Å². The quantitative estimate of drug-likeness (QED) is 0.883. The van der Waals surface area contributed by atoms with Gasteiger partial charge in [-0.05, 0) is 23.3 Å². The third-order valence-electron chi connectivity index (χ3n) is 3.30. The van der Waals surface area contributed by atoms with E-state index in [0.29, 0.717) is 0 Å². The van der Waals surface area contributed by atoms with Crippen molar-refractivity contribution in [3.63, 3.8) is 0 Å². The second-order valence-electron chi connectivity index (χ2n) is 4.85. The summed E-state index contributed by atoms with van der Waals surface area (Å²) in [5, 5.41) is 5.71. The van der Waals surface area contributed by atoms with Crippen molar-refractivity contribution >= 4 is 12.1 Å². The van der Waals surface area contributed by atoms with Crippen molar-refractivity contribution in [2.45, 2.75) is 6.04 Å². The van der Waals surface area contributed by atoms with Crippen LogP contribution in [0, 0.1) is 0 Å². The van der Waals surface area contributed by atoms with Crippen LogP contribution in [-0.4, -0.2) is 6.03 Å². The van der Waals surface area contributed by atoms with Gasteiger partial charge in [0.05, 0.1) is 6.04 Å². The van der Waals surface area contributed by atoms with Gasteiger partial charge in [-0.3, -0.25) is 0 Å². The monoisotopic (exact) mass is 276 g/mol. The second kappa shape index (κ2) is 6.09. The molecule has 0 fully saturated rings.